The zero-order valence-corrected chi connectivity index (χ0v) is 14.6. The molecule has 26 heavy (non-hydrogen) atoms. The molecule has 5 nitrogen and oxygen atoms in total. The first kappa shape index (κ1) is 16.7. The lowest BCUT2D eigenvalue weighted by atomic mass is 9.94. The van der Waals surface area contributed by atoms with Gasteiger partial charge in [0.2, 0.25) is 0 Å². The Kier molecular flexibility index (Phi) is 4.88. The third-order valence-corrected chi connectivity index (χ3v) is 4.89. The number of aromatic nitrogens is 3. The molecule has 1 aromatic carbocycles. The number of hydrogen-bond donors (Lipinski definition) is 1. The molecule has 0 radical (unpaired) electrons. The molecule has 132 valence electrons. The SMILES string of the molecule is O=c1cc(C2CCCN(Cc3ccccc3)C2)nc(-c2ccncc2)[nH]1. The van der Waals surface area contributed by atoms with E-state index in [2.05, 4.69) is 39.1 Å². The maximum Gasteiger partial charge on any atom is 0.251 e. The minimum absolute atomic E-state index is 0.0954. The van der Waals surface area contributed by atoms with Gasteiger partial charge in [-0.3, -0.25) is 14.7 Å². The van der Waals surface area contributed by atoms with Crippen molar-refractivity contribution >= 4 is 0 Å². The fourth-order valence-electron chi connectivity index (χ4n) is 3.61. The van der Waals surface area contributed by atoms with Crippen molar-refractivity contribution < 1.29 is 0 Å². The van der Waals surface area contributed by atoms with Gasteiger partial charge in [-0.25, -0.2) is 4.98 Å². The van der Waals surface area contributed by atoms with Gasteiger partial charge in [0.1, 0.15) is 5.82 Å². The number of likely N-dealkylation sites (tertiary alicyclic amines) is 1. The Balaban J connectivity index is 1.55. The van der Waals surface area contributed by atoms with Crippen molar-refractivity contribution in [2.24, 2.45) is 0 Å². The number of nitrogens with one attached hydrogen (secondary N) is 1. The third kappa shape index (κ3) is 3.89. The van der Waals surface area contributed by atoms with Crippen molar-refractivity contribution in [1.82, 2.24) is 19.9 Å². The Morgan fingerprint density at radius 1 is 1.12 bits per heavy atom. The van der Waals surface area contributed by atoms with Crippen LogP contribution in [0.4, 0.5) is 0 Å². The average Bonchev–Trinajstić information content (AvgIpc) is 2.69. The summed E-state index contributed by atoms with van der Waals surface area (Å²) in [7, 11) is 0. The van der Waals surface area contributed by atoms with Crippen LogP contribution < -0.4 is 5.56 Å². The minimum Gasteiger partial charge on any atom is -0.307 e. The second-order valence-electron chi connectivity index (χ2n) is 6.81. The van der Waals surface area contributed by atoms with Crippen molar-refractivity contribution in [3.05, 3.63) is 82.5 Å². The highest BCUT2D eigenvalue weighted by Crippen LogP contribution is 2.27. The van der Waals surface area contributed by atoms with Crippen LogP contribution in [0.3, 0.4) is 0 Å². The second kappa shape index (κ2) is 7.62. The average molecular weight is 346 g/mol. The minimum atomic E-state index is -0.0954. The van der Waals surface area contributed by atoms with Gasteiger partial charge in [-0.1, -0.05) is 30.3 Å². The Hall–Kier alpha value is -2.79. The van der Waals surface area contributed by atoms with Gasteiger partial charge >= 0.3 is 0 Å². The van der Waals surface area contributed by atoms with E-state index in [1.54, 1.807) is 18.5 Å². The number of rotatable bonds is 4. The quantitative estimate of drug-likeness (QED) is 0.788. The Labute approximate surface area is 152 Å². The summed E-state index contributed by atoms with van der Waals surface area (Å²) in [4.78, 5) is 26.3. The molecular formula is C21H22N4O. The smallest absolute Gasteiger partial charge is 0.251 e. The summed E-state index contributed by atoms with van der Waals surface area (Å²) in [6, 6.07) is 15.9. The molecule has 0 saturated carbocycles. The van der Waals surface area contributed by atoms with Crippen LogP contribution in [0.5, 0.6) is 0 Å². The molecule has 5 heteroatoms. The largest absolute Gasteiger partial charge is 0.307 e. The Morgan fingerprint density at radius 2 is 1.92 bits per heavy atom. The molecule has 1 atom stereocenters. The van der Waals surface area contributed by atoms with E-state index >= 15 is 0 Å². The zero-order valence-electron chi connectivity index (χ0n) is 14.6. The molecule has 0 spiro atoms. The highest BCUT2D eigenvalue weighted by molar-refractivity contribution is 5.53. The van der Waals surface area contributed by atoms with Crippen LogP contribution in [-0.2, 0) is 6.54 Å². The van der Waals surface area contributed by atoms with E-state index in [0.29, 0.717) is 5.82 Å². The summed E-state index contributed by atoms with van der Waals surface area (Å²) in [6.45, 7) is 2.96. The first-order valence-electron chi connectivity index (χ1n) is 9.06. The van der Waals surface area contributed by atoms with Crippen molar-refractivity contribution in [3.63, 3.8) is 0 Å². The summed E-state index contributed by atoms with van der Waals surface area (Å²) in [6.07, 6.45) is 5.61. The molecule has 1 aliphatic rings. The van der Waals surface area contributed by atoms with E-state index in [1.807, 2.05) is 18.2 Å². The van der Waals surface area contributed by atoms with Crippen LogP contribution in [0, 0.1) is 0 Å². The molecule has 3 aromatic rings. The molecule has 0 amide bonds. The highest BCUT2D eigenvalue weighted by Gasteiger charge is 2.23. The van der Waals surface area contributed by atoms with Gasteiger partial charge in [0.25, 0.3) is 5.56 Å². The molecule has 3 heterocycles. The molecule has 4 rings (SSSR count). The lowest BCUT2D eigenvalue weighted by molar-refractivity contribution is 0.198. The summed E-state index contributed by atoms with van der Waals surface area (Å²) in [5.41, 5.74) is 3.00. The van der Waals surface area contributed by atoms with Crippen molar-refractivity contribution in [2.75, 3.05) is 13.1 Å². The van der Waals surface area contributed by atoms with Crippen LogP contribution >= 0.6 is 0 Å². The monoisotopic (exact) mass is 346 g/mol. The normalized spacial score (nSPS) is 17.9. The Bertz CT molecular complexity index is 908. The number of aromatic amines is 1. The predicted molar refractivity (Wildman–Crippen MR) is 102 cm³/mol. The van der Waals surface area contributed by atoms with Crippen LogP contribution in [0.15, 0.2) is 65.7 Å². The summed E-state index contributed by atoms with van der Waals surface area (Å²) in [5.74, 6) is 0.908. The number of piperidine rings is 1. The second-order valence-corrected chi connectivity index (χ2v) is 6.81. The van der Waals surface area contributed by atoms with E-state index in [4.69, 9.17) is 4.98 Å². The van der Waals surface area contributed by atoms with Gasteiger partial charge in [0, 0.05) is 43.0 Å². The molecule has 0 bridgehead atoms. The van der Waals surface area contributed by atoms with Gasteiger partial charge in [-0.15, -0.1) is 0 Å². The lowest BCUT2D eigenvalue weighted by Crippen LogP contribution is -2.34. The van der Waals surface area contributed by atoms with Crippen LogP contribution in [-0.4, -0.2) is 32.9 Å². The predicted octanol–water partition coefficient (Wildman–Crippen LogP) is 3.21. The molecule has 1 unspecified atom stereocenters. The standard InChI is InChI=1S/C21H22N4O/c26-20-13-19(23-21(24-20)17-8-10-22-11-9-17)18-7-4-12-25(15-18)14-16-5-2-1-3-6-16/h1-3,5-6,8-11,13,18H,4,7,12,14-15H2,(H,23,24,26). The summed E-state index contributed by atoms with van der Waals surface area (Å²) in [5, 5.41) is 0. The first-order valence-corrected chi connectivity index (χ1v) is 9.06. The number of H-pyrrole nitrogens is 1. The van der Waals surface area contributed by atoms with Gasteiger partial charge in [-0.05, 0) is 37.1 Å². The van der Waals surface area contributed by atoms with E-state index in [0.717, 1.165) is 43.7 Å². The zero-order chi connectivity index (χ0) is 17.8. The number of pyridine rings is 1. The number of nitrogens with zero attached hydrogens (tertiary/aromatic N) is 3. The fourth-order valence-corrected chi connectivity index (χ4v) is 3.61. The molecule has 1 N–H and O–H groups in total. The number of hydrogen-bond acceptors (Lipinski definition) is 4. The van der Waals surface area contributed by atoms with Crippen molar-refractivity contribution in [3.8, 4) is 11.4 Å². The molecule has 1 saturated heterocycles. The highest BCUT2D eigenvalue weighted by atomic mass is 16.1. The van der Waals surface area contributed by atoms with E-state index in [-0.39, 0.29) is 11.5 Å². The first-order chi connectivity index (χ1) is 12.8. The fraction of sp³-hybridized carbons (Fsp3) is 0.286. The van der Waals surface area contributed by atoms with Crippen LogP contribution in [0.2, 0.25) is 0 Å². The molecule has 1 aliphatic heterocycles. The lowest BCUT2D eigenvalue weighted by Gasteiger charge is -2.32. The van der Waals surface area contributed by atoms with E-state index in [9.17, 15) is 4.79 Å². The van der Waals surface area contributed by atoms with E-state index < -0.39 is 0 Å². The van der Waals surface area contributed by atoms with Gasteiger partial charge in [0.15, 0.2) is 0 Å². The molecule has 1 fully saturated rings. The number of benzene rings is 1. The Morgan fingerprint density at radius 3 is 2.73 bits per heavy atom. The van der Waals surface area contributed by atoms with Gasteiger partial charge < -0.3 is 4.98 Å². The summed E-state index contributed by atoms with van der Waals surface area (Å²) < 4.78 is 0. The maximum atomic E-state index is 12.2. The van der Waals surface area contributed by atoms with Crippen molar-refractivity contribution in [2.45, 2.75) is 25.3 Å². The molecular weight excluding hydrogens is 324 g/mol. The third-order valence-electron chi connectivity index (χ3n) is 4.89. The molecule has 2 aromatic heterocycles. The topological polar surface area (TPSA) is 61.9 Å². The molecule has 0 aliphatic carbocycles. The van der Waals surface area contributed by atoms with Gasteiger partial charge in [0.05, 0.1) is 5.69 Å². The maximum absolute atomic E-state index is 12.2. The van der Waals surface area contributed by atoms with Crippen molar-refractivity contribution in [1.29, 1.82) is 0 Å². The van der Waals surface area contributed by atoms with Gasteiger partial charge in [-0.2, -0.15) is 0 Å². The summed E-state index contributed by atoms with van der Waals surface area (Å²) >= 11 is 0. The van der Waals surface area contributed by atoms with Crippen LogP contribution in [0.1, 0.15) is 30.0 Å². The van der Waals surface area contributed by atoms with E-state index in [1.165, 1.54) is 5.56 Å². The van der Waals surface area contributed by atoms with Crippen LogP contribution in [0.25, 0.3) is 11.4 Å².